The lowest BCUT2D eigenvalue weighted by Crippen LogP contribution is -2.25. The first-order valence-corrected chi connectivity index (χ1v) is 6.96. The summed E-state index contributed by atoms with van der Waals surface area (Å²) in [4.78, 5) is 14.4. The number of hydrogen-bond donors (Lipinski definition) is 1. The van der Waals surface area contributed by atoms with Gasteiger partial charge in [-0.05, 0) is 34.1 Å². The van der Waals surface area contributed by atoms with Crippen molar-refractivity contribution in [1.29, 1.82) is 0 Å². The third-order valence-corrected chi connectivity index (χ3v) is 4.14. The minimum Gasteiger partial charge on any atom is -0.508 e. The molecule has 5 heteroatoms. The summed E-state index contributed by atoms with van der Waals surface area (Å²) in [6.45, 7) is 0.390. The molecule has 0 atom stereocenters. The van der Waals surface area contributed by atoms with Crippen molar-refractivity contribution in [3.63, 3.8) is 0 Å². The zero-order chi connectivity index (χ0) is 13.1. The Morgan fingerprint density at radius 1 is 1.33 bits per heavy atom. The normalized spacial score (nSPS) is 10.3. The topological polar surface area (TPSA) is 40.5 Å². The Morgan fingerprint density at radius 3 is 2.67 bits per heavy atom. The predicted octanol–water partition coefficient (Wildman–Crippen LogP) is 3.49. The maximum absolute atomic E-state index is 12.1. The molecule has 3 nitrogen and oxygen atoms in total. The molecule has 2 rings (SSSR count). The first-order valence-electron chi connectivity index (χ1n) is 5.35. The van der Waals surface area contributed by atoms with Crippen molar-refractivity contribution in [2.75, 3.05) is 7.05 Å². The second-order valence-electron chi connectivity index (χ2n) is 3.89. The number of phenolic OH excluding ortho intramolecular Hbond substituents is 1. The fraction of sp³-hybridized carbons (Fsp3) is 0.154. The Morgan fingerprint density at radius 2 is 2.06 bits per heavy atom. The van der Waals surface area contributed by atoms with Gasteiger partial charge in [0, 0.05) is 19.2 Å². The van der Waals surface area contributed by atoms with Gasteiger partial charge in [0.25, 0.3) is 5.91 Å². The number of nitrogens with zero attached hydrogens (tertiary/aromatic N) is 1. The quantitative estimate of drug-likeness (QED) is 0.938. The van der Waals surface area contributed by atoms with Crippen LogP contribution in [0.2, 0.25) is 0 Å². The van der Waals surface area contributed by atoms with Gasteiger partial charge < -0.3 is 10.0 Å². The standard InChI is InChI=1S/C13H12BrNO2S/c1-15(8-9-4-2-3-5-10(9)16)13(17)11-6-7-12(14)18-11/h2-7,16H,8H2,1H3. The number of aromatic hydroxyl groups is 1. The molecule has 0 saturated carbocycles. The summed E-state index contributed by atoms with van der Waals surface area (Å²) in [6.07, 6.45) is 0. The van der Waals surface area contributed by atoms with Gasteiger partial charge in [-0.15, -0.1) is 11.3 Å². The largest absolute Gasteiger partial charge is 0.508 e. The molecule has 1 amide bonds. The molecule has 0 radical (unpaired) electrons. The van der Waals surface area contributed by atoms with Gasteiger partial charge in [-0.3, -0.25) is 4.79 Å². The maximum Gasteiger partial charge on any atom is 0.264 e. The third kappa shape index (κ3) is 2.91. The number of benzene rings is 1. The highest BCUT2D eigenvalue weighted by Gasteiger charge is 2.15. The van der Waals surface area contributed by atoms with Gasteiger partial charge in [0.2, 0.25) is 0 Å². The summed E-state index contributed by atoms with van der Waals surface area (Å²) >= 11 is 4.74. The minimum atomic E-state index is -0.0473. The lowest BCUT2D eigenvalue weighted by Gasteiger charge is -2.16. The van der Waals surface area contributed by atoms with Crippen molar-refractivity contribution < 1.29 is 9.90 Å². The monoisotopic (exact) mass is 325 g/mol. The fourth-order valence-electron chi connectivity index (χ4n) is 1.59. The Kier molecular flexibility index (Phi) is 4.04. The molecule has 0 spiro atoms. The van der Waals surface area contributed by atoms with E-state index in [0.29, 0.717) is 11.4 Å². The van der Waals surface area contributed by atoms with E-state index in [1.54, 1.807) is 30.1 Å². The van der Waals surface area contributed by atoms with Crippen LogP contribution in [0.25, 0.3) is 0 Å². The van der Waals surface area contributed by atoms with Crippen LogP contribution >= 0.6 is 27.3 Å². The first-order chi connectivity index (χ1) is 8.58. The SMILES string of the molecule is CN(Cc1ccccc1O)C(=O)c1ccc(Br)s1. The highest BCUT2D eigenvalue weighted by molar-refractivity contribution is 9.11. The van der Waals surface area contributed by atoms with Crippen LogP contribution in [0, 0.1) is 0 Å². The van der Waals surface area contributed by atoms with Crippen molar-refractivity contribution >= 4 is 33.2 Å². The van der Waals surface area contributed by atoms with Crippen LogP contribution in [0.15, 0.2) is 40.2 Å². The summed E-state index contributed by atoms with van der Waals surface area (Å²) < 4.78 is 0.932. The van der Waals surface area contributed by atoms with Crippen LogP contribution in [0.5, 0.6) is 5.75 Å². The maximum atomic E-state index is 12.1. The van der Waals surface area contributed by atoms with Gasteiger partial charge in [-0.25, -0.2) is 0 Å². The molecule has 1 N–H and O–H groups in total. The number of amides is 1. The molecule has 18 heavy (non-hydrogen) atoms. The molecule has 2 aromatic rings. The van der Waals surface area contributed by atoms with Gasteiger partial charge in [0.15, 0.2) is 0 Å². The molecule has 94 valence electrons. The molecule has 0 unspecified atom stereocenters. The Bertz CT molecular complexity index is 568. The molecule has 1 heterocycles. The molecule has 0 aliphatic carbocycles. The zero-order valence-corrected chi connectivity index (χ0v) is 12.2. The Balaban J connectivity index is 2.11. The Hall–Kier alpha value is -1.33. The highest BCUT2D eigenvalue weighted by Crippen LogP contribution is 2.24. The molecule has 0 bridgehead atoms. The number of carbonyl (C=O) groups is 1. The van der Waals surface area contributed by atoms with Gasteiger partial charge in [-0.2, -0.15) is 0 Å². The summed E-state index contributed by atoms with van der Waals surface area (Å²) in [5, 5.41) is 9.67. The number of rotatable bonds is 3. The minimum absolute atomic E-state index is 0.0473. The van der Waals surface area contributed by atoms with E-state index >= 15 is 0 Å². The molecular weight excluding hydrogens is 314 g/mol. The van der Waals surface area contributed by atoms with E-state index < -0.39 is 0 Å². The van der Waals surface area contributed by atoms with Crippen molar-refractivity contribution in [2.24, 2.45) is 0 Å². The average molecular weight is 326 g/mol. The van der Waals surface area contributed by atoms with Crippen LogP contribution in [0.3, 0.4) is 0 Å². The lowest BCUT2D eigenvalue weighted by molar-refractivity contribution is 0.0789. The predicted molar refractivity (Wildman–Crippen MR) is 75.9 cm³/mol. The van der Waals surface area contributed by atoms with E-state index in [4.69, 9.17) is 0 Å². The van der Waals surface area contributed by atoms with E-state index in [9.17, 15) is 9.90 Å². The molecule has 0 fully saturated rings. The van der Waals surface area contributed by atoms with Crippen molar-refractivity contribution in [1.82, 2.24) is 4.90 Å². The summed E-state index contributed by atoms with van der Waals surface area (Å²) in [5.74, 6) is 0.165. The second kappa shape index (κ2) is 5.54. The number of para-hydroxylation sites is 1. The van der Waals surface area contributed by atoms with E-state index in [0.717, 1.165) is 9.35 Å². The van der Waals surface area contributed by atoms with Gasteiger partial charge in [0.1, 0.15) is 5.75 Å². The number of carbonyl (C=O) groups excluding carboxylic acids is 1. The van der Waals surface area contributed by atoms with Crippen molar-refractivity contribution in [3.8, 4) is 5.75 Å². The molecule has 0 saturated heterocycles. The van der Waals surface area contributed by atoms with E-state index in [1.807, 2.05) is 18.2 Å². The first kappa shape index (κ1) is 13.1. The van der Waals surface area contributed by atoms with Crippen LogP contribution in [-0.4, -0.2) is 23.0 Å². The number of thiophene rings is 1. The summed E-state index contributed by atoms with van der Waals surface area (Å²) in [7, 11) is 1.72. The molecule has 1 aromatic heterocycles. The van der Waals surface area contributed by atoms with Crippen LogP contribution in [0.1, 0.15) is 15.2 Å². The third-order valence-electron chi connectivity index (χ3n) is 2.53. The van der Waals surface area contributed by atoms with Crippen LogP contribution < -0.4 is 0 Å². The average Bonchev–Trinajstić information content (AvgIpc) is 2.78. The van der Waals surface area contributed by atoms with Crippen LogP contribution in [-0.2, 0) is 6.54 Å². The number of phenols is 1. The van der Waals surface area contributed by atoms with Crippen molar-refractivity contribution in [2.45, 2.75) is 6.54 Å². The van der Waals surface area contributed by atoms with E-state index in [-0.39, 0.29) is 11.7 Å². The zero-order valence-electron chi connectivity index (χ0n) is 9.76. The molecular formula is C13H12BrNO2S. The van der Waals surface area contributed by atoms with Gasteiger partial charge in [0.05, 0.1) is 8.66 Å². The Labute approximate surface area is 118 Å². The smallest absolute Gasteiger partial charge is 0.264 e. The lowest BCUT2D eigenvalue weighted by atomic mass is 10.2. The molecule has 0 aliphatic rings. The van der Waals surface area contributed by atoms with Gasteiger partial charge in [-0.1, -0.05) is 18.2 Å². The highest BCUT2D eigenvalue weighted by atomic mass is 79.9. The van der Waals surface area contributed by atoms with Gasteiger partial charge >= 0.3 is 0 Å². The summed E-state index contributed by atoms with van der Waals surface area (Å²) in [5.41, 5.74) is 0.740. The van der Waals surface area contributed by atoms with Crippen LogP contribution in [0.4, 0.5) is 0 Å². The molecule has 1 aromatic carbocycles. The number of hydrogen-bond acceptors (Lipinski definition) is 3. The summed E-state index contributed by atoms with van der Waals surface area (Å²) in [6, 6.07) is 10.7. The second-order valence-corrected chi connectivity index (χ2v) is 6.36. The van der Waals surface area contributed by atoms with E-state index in [1.165, 1.54) is 11.3 Å². The van der Waals surface area contributed by atoms with Crippen molar-refractivity contribution in [3.05, 3.63) is 50.6 Å². The fourth-order valence-corrected chi connectivity index (χ4v) is 2.97. The number of halogens is 1. The molecule has 0 aliphatic heterocycles. The van der Waals surface area contributed by atoms with E-state index in [2.05, 4.69) is 15.9 Å².